The average Bonchev–Trinajstić information content (AvgIpc) is 2.87. The van der Waals surface area contributed by atoms with Crippen LogP contribution in [-0.2, 0) is 0 Å². The smallest absolute Gasteiger partial charge is 0.139 e. The van der Waals surface area contributed by atoms with Crippen LogP contribution in [-0.4, -0.2) is 27.0 Å². The van der Waals surface area contributed by atoms with Crippen molar-refractivity contribution in [2.24, 2.45) is 0 Å². The molecule has 35 heavy (non-hydrogen) atoms. The van der Waals surface area contributed by atoms with Crippen LogP contribution >= 0.6 is 11.6 Å². The predicted octanol–water partition coefficient (Wildman–Crippen LogP) is 6.22. The van der Waals surface area contributed by atoms with Crippen molar-refractivity contribution in [1.29, 1.82) is 0 Å². The minimum atomic E-state index is -0.432. The summed E-state index contributed by atoms with van der Waals surface area (Å²) >= 11 is 6.12. The number of aryl methyl sites for hydroxylation is 1. The van der Waals surface area contributed by atoms with E-state index in [0.717, 1.165) is 27.6 Å². The van der Waals surface area contributed by atoms with E-state index in [1.165, 1.54) is 18.5 Å². The molecule has 5 rings (SSSR count). The predicted molar refractivity (Wildman–Crippen MR) is 139 cm³/mol. The molecule has 0 aliphatic heterocycles. The number of nitrogens with zero attached hydrogens (tertiary/aromatic N) is 4. The van der Waals surface area contributed by atoms with Crippen LogP contribution in [0.2, 0.25) is 5.02 Å². The van der Waals surface area contributed by atoms with Gasteiger partial charge in [-0.3, -0.25) is 0 Å². The van der Waals surface area contributed by atoms with Crippen LogP contribution in [0.3, 0.4) is 0 Å². The Bertz CT molecular complexity index is 1570. The van der Waals surface area contributed by atoms with E-state index in [-0.39, 0.29) is 11.4 Å². The van der Waals surface area contributed by atoms with Crippen molar-refractivity contribution >= 4 is 45.5 Å². The van der Waals surface area contributed by atoms with Crippen LogP contribution < -0.4 is 16.4 Å². The number of anilines is 4. The largest absolute Gasteiger partial charge is 0.383 e. The second-order valence-electron chi connectivity index (χ2n) is 7.93. The van der Waals surface area contributed by atoms with Gasteiger partial charge in [0.1, 0.15) is 29.6 Å². The molecule has 3 aromatic heterocycles. The number of nitrogens with two attached hydrogens (primary N) is 1. The Balaban J connectivity index is 1.68. The van der Waals surface area contributed by atoms with E-state index in [2.05, 4.69) is 30.6 Å². The summed E-state index contributed by atoms with van der Waals surface area (Å²) in [7, 11) is 1.80. The molecule has 0 saturated heterocycles. The molecule has 7 nitrogen and oxygen atoms in total. The third kappa shape index (κ3) is 4.31. The Hall–Kier alpha value is -4.30. The van der Waals surface area contributed by atoms with Gasteiger partial charge in [0.25, 0.3) is 0 Å². The van der Waals surface area contributed by atoms with Crippen molar-refractivity contribution in [3.05, 3.63) is 83.5 Å². The van der Waals surface area contributed by atoms with E-state index >= 15 is 0 Å². The van der Waals surface area contributed by atoms with E-state index in [9.17, 15) is 4.39 Å². The Morgan fingerprint density at radius 1 is 0.914 bits per heavy atom. The molecular formula is C26H21ClFN7. The van der Waals surface area contributed by atoms with Crippen molar-refractivity contribution in [1.82, 2.24) is 19.9 Å². The molecular weight excluding hydrogens is 465 g/mol. The summed E-state index contributed by atoms with van der Waals surface area (Å²) in [6.45, 7) is 1.98. The fourth-order valence-corrected chi connectivity index (χ4v) is 4.10. The normalized spacial score (nSPS) is 11.0. The first-order valence-electron chi connectivity index (χ1n) is 10.8. The number of pyridine rings is 2. The highest BCUT2D eigenvalue weighted by molar-refractivity contribution is 6.30. The highest BCUT2D eigenvalue weighted by atomic mass is 35.5. The number of nitrogens with one attached hydrogen (secondary N) is 2. The summed E-state index contributed by atoms with van der Waals surface area (Å²) in [6, 6.07) is 15.6. The van der Waals surface area contributed by atoms with E-state index in [1.54, 1.807) is 19.3 Å². The molecule has 2 aromatic carbocycles. The maximum Gasteiger partial charge on any atom is 0.139 e. The molecule has 0 bridgehead atoms. The Morgan fingerprint density at radius 3 is 2.60 bits per heavy atom. The van der Waals surface area contributed by atoms with E-state index in [1.807, 2.05) is 43.3 Å². The maximum absolute atomic E-state index is 14.6. The fraction of sp³-hybridized carbons (Fsp3) is 0.0769. The second-order valence-corrected chi connectivity index (χ2v) is 8.37. The monoisotopic (exact) mass is 485 g/mol. The van der Waals surface area contributed by atoms with Crippen LogP contribution in [0.25, 0.3) is 33.3 Å². The standard InChI is InChI=1S/C26H21ClFN7/c1-14-5-7-16-18(11-22(34-25(16)29)19-10-15(27)6-8-20(19)28)24(14)35-26-17(4-3-9-31-26)21-12-23(30-2)33-13-32-21/h3-13H,1-2H3,(H2,29,34)(H,31,35)(H,30,32,33). The van der Waals surface area contributed by atoms with Gasteiger partial charge in [0.15, 0.2) is 0 Å². The van der Waals surface area contributed by atoms with Gasteiger partial charge in [-0.15, -0.1) is 0 Å². The Morgan fingerprint density at radius 2 is 1.77 bits per heavy atom. The lowest BCUT2D eigenvalue weighted by atomic mass is 10.0. The Labute approximate surface area is 206 Å². The molecule has 3 heterocycles. The van der Waals surface area contributed by atoms with Gasteiger partial charge in [-0.1, -0.05) is 23.7 Å². The summed E-state index contributed by atoms with van der Waals surface area (Å²) in [5, 5.41) is 8.41. The first kappa shape index (κ1) is 22.5. The maximum atomic E-state index is 14.6. The van der Waals surface area contributed by atoms with Gasteiger partial charge in [0.2, 0.25) is 0 Å². The molecule has 9 heteroatoms. The molecule has 0 radical (unpaired) electrons. The van der Waals surface area contributed by atoms with Gasteiger partial charge in [-0.25, -0.2) is 24.3 Å². The van der Waals surface area contributed by atoms with Crippen molar-refractivity contribution in [3.8, 4) is 22.5 Å². The van der Waals surface area contributed by atoms with Crippen LogP contribution in [0.5, 0.6) is 0 Å². The minimum Gasteiger partial charge on any atom is -0.383 e. The molecule has 5 aromatic rings. The summed E-state index contributed by atoms with van der Waals surface area (Å²) in [5.41, 5.74) is 10.2. The zero-order chi connectivity index (χ0) is 24.5. The van der Waals surface area contributed by atoms with Crippen LogP contribution in [0.15, 0.2) is 67.1 Å². The molecule has 0 aliphatic rings. The fourth-order valence-electron chi connectivity index (χ4n) is 3.93. The molecule has 174 valence electrons. The molecule has 0 unspecified atom stereocenters. The average molecular weight is 486 g/mol. The molecule has 0 fully saturated rings. The van der Waals surface area contributed by atoms with Gasteiger partial charge >= 0.3 is 0 Å². The summed E-state index contributed by atoms with van der Waals surface area (Å²) < 4.78 is 14.6. The lowest BCUT2D eigenvalue weighted by molar-refractivity contribution is 0.631. The number of aromatic nitrogens is 4. The van der Waals surface area contributed by atoms with E-state index < -0.39 is 5.82 Å². The van der Waals surface area contributed by atoms with Crippen LogP contribution in [0.1, 0.15) is 5.56 Å². The number of hydrogen-bond acceptors (Lipinski definition) is 7. The van der Waals surface area contributed by atoms with Gasteiger partial charge in [0, 0.05) is 46.2 Å². The quantitative estimate of drug-likeness (QED) is 0.271. The number of nitrogen functional groups attached to an aromatic ring is 1. The first-order valence-corrected chi connectivity index (χ1v) is 11.2. The van der Waals surface area contributed by atoms with Gasteiger partial charge < -0.3 is 16.4 Å². The SMILES string of the molecule is CNc1cc(-c2cccnc2Nc2c(C)ccc3c(N)nc(-c4cc(Cl)ccc4F)cc23)ncn1. The molecule has 0 saturated carbocycles. The number of halogens is 2. The molecule has 0 amide bonds. The number of rotatable bonds is 5. The molecule has 0 atom stereocenters. The highest BCUT2D eigenvalue weighted by Gasteiger charge is 2.16. The number of benzene rings is 2. The highest BCUT2D eigenvalue weighted by Crippen LogP contribution is 2.37. The second kappa shape index (κ2) is 9.15. The van der Waals surface area contributed by atoms with Crippen LogP contribution in [0.4, 0.5) is 27.5 Å². The van der Waals surface area contributed by atoms with Crippen molar-refractivity contribution in [2.75, 3.05) is 23.4 Å². The molecule has 0 aliphatic carbocycles. The minimum absolute atomic E-state index is 0.276. The van der Waals surface area contributed by atoms with Crippen molar-refractivity contribution in [3.63, 3.8) is 0 Å². The first-order chi connectivity index (χ1) is 16.9. The van der Waals surface area contributed by atoms with E-state index in [0.29, 0.717) is 28.0 Å². The number of hydrogen-bond donors (Lipinski definition) is 3. The molecule has 4 N–H and O–H groups in total. The topological polar surface area (TPSA) is 102 Å². The molecule has 0 spiro atoms. The van der Waals surface area contributed by atoms with Gasteiger partial charge in [-0.05, 0) is 48.9 Å². The zero-order valence-electron chi connectivity index (χ0n) is 19.0. The third-order valence-electron chi connectivity index (χ3n) is 5.71. The zero-order valence-corrected chi connectivity index (χ0v) is 19.7. The van der Waals surface area contributed by atoms with Crippen LogP contribution in [0, 0.1) is 12.7 Å². The van der Waals surface area contributed by atoms with Crippen molar-refractivity contribution < 1.29 is 4.39 Å². The van der Waals surface area contributed by atoms with Gasteiger partial charge in [0.05, 0.1) is 17.1 Å². The third-order valence-corrected chi connectivity index (χ3v) is 5.94. The Kier molecular flexibility index (Phi) is 5.88. The van der Waals surface area contributed by atoms with Gasteiger partial charge in [-0.2, -0.15) is 0 Å². The summed E-state index contributed by atoms with van der Waals surface area (Å²) in [6.07, 6.45) is 3.20. The lowest BCUT2D eigenvalue weighted by Crippen LogP contribution is -2.02. The summed E-state index contributed by atoms with van der Waals surface area (Å²) in [4.78, 5) is 17.6. The lowest BCUT2D eigenvalue weighted by Gasteiger charge is -2.17. The number of fused-ring (bicyclic) bond motifs is 1. The summed E-state index contributed by atoms with van der Waals surface area (Å²) in [5.74, 6) is 1.16. The van der Waals surface area contributed by atoms with E-state index in [4.69, 9.17) is 17.3 Å². The van der Waals surface area contributed by atoms with Crippen molar-refractivity contribution in [2.45, 2.75) is 6.92 Å².